The van der Waals surface area contributed by atoms with E-state index in [0.717, 1.165) is 23.1 Å². The number of hydrogen-bond donors (Lipinski definition) is 2. The van der Waals surface area contributed by atoms with Crippen molar-refractivity contribution in [3.8, 4) is 0 Å². The van der Waals surface area contributed by atoms with Gasteiger partial charge in [0.05, 0.1) is 5.56 Å². The number of rotatable bonds is 4. The molecule has 0 radical (unpaired) electrons. The maximum Gasteiger partial charge on any atom is 0.335 e. The van der Waals surface area contributed by atoms with E-state index in [-0.39, 0.29) is 0 Å². The fourth-order valence-corrected chi connectivity index (χ4v) is 3.27. The van der Waals surface area contributed by atoms with Crippen molar-refractivity contribution < 1.29 is 9.90 Å². The molecule has 1 fully saturated rings. The van der Waals surface area contributed by atoms with Gasteiger partial charge in [-0.15, -0.1) is 0 Å². The fraction of sp³-hybridized carbons (Fsp3) is 0.611. The summed E-state index contributed by atoms with van der Waals surface area (Å²) < 4.78 is 0. The second-order valence-electron chi connectivity index (χ2n) is 6.69. The van der Waals surface area contributed by atoms with Crippen molar-refractivity contribution in [3.05, 3.63) is 29.3 Å². The molecule has 0 aromatic heterocycles. The zero-order valence-electron chi connectivity index (χ0n) is 13.4. The molecule has 1 aliphatic carbocycles. The number of anilines is 1. The molecule has 116 valence electrons. The highest BCUT2D eigenvalue weighted by Gasteiger charge is 2.21. The van der Waals surface area contributed by atoms with Crippen molar-refractivity contribution in [1.29, 1.82) is 0 Å². The van der Waals surface area contributed by atoms with E-state index in [1.54, 1.807) is 12.1 Å². The lowest BCUT2D eigenvalue weighted by molar-refractivity contribution is 0.0697. The lowest BCUT2D eigenvalue weighted by Gasteiger charge is -2.21. The smallest absolute Gasteiger partial charge is 0.335 e. The molecule has 0 saturated heterocycles. The predicted octanol–water partition coefficient (Wildman–Crippen LogP) is 4.71. The molecule has 0 bridgehead atoms. The van der Waals surface area contributed by atoms with Crippen LogP contribution in [0.4, 0.5) is 5.69 Å². The average Bonchev–Trinajstić information content (AvgIpc) is 2.66. The number of aromatic carboxylic acids is 1. The van der Waals surface area contributed by atoms with E-state index >= 15 is 0 Å². The first-order valence-electron chi connectivity index (χ1n) is 8.08. The first kappa shape index (κ1) is 15.9. The van der Waals surface area contributed by atoms with Gasteiger partial charge in [-0.2, -0.15) is 0 Å². The van der Waals surface area contributed by atoms with Crippen LogP contribution in [0.25, 0.3) is 0 Å². The Morgan fingerprint density at radius 1 is 1.24 bits per heavy atom. The summed E-state index contributed by atoms with van der Waals surface area (Å²) in [6.45, 7) is 6.67. The first-order valence-corrected chi connectivity index (χ1v) is 8.08. The minimum atomic E-state index is -0.862. The summed E-state index contributed by atoms with van der Waals surface area (Å²) in [4.78, 5) is 11.1. The Kier molecular flexibility index (Phi) is 5.27. The Bertz CT molecular complexity index is 496. The summed E-state index contributed by atoms with van der Waals surface area (Å²) >= 11 is 0. The monoisotopic (exact) mass is 289 g/mol. The number of carbonyl (C=O) groups is 1. The summed E-state index contributed by atoms with van der Waals surface area (Å²) in [5.74, 6) is 0.739. The van der Waals surface area contributed by atoms with Gasteiger partial charge in [0.15, 0.2) is 0 Å². The van der Waals surface area contributed by atoms with E-state index in [9.17, 15) is 4.79 Å². The molecule has 2 unspecified atom stereocenters. The molecule has 1 saturated carbocycles. The van der Waals surface area contributed by atoms with E-state index in [4.69, 9.17) is 5.11 Å². The van der Waals surface area contributed by atoms with Crippen molar-refractivity contribution in [1.82, 2.24) is 0 Å². The lowest BCUT2D eigenvalue weighted by atomic mass is 9.89. The minimum Gasteiger partial charge on any atom is -0.478 e. The van der Waals surface area contributed by atoms with Gasteiger partial charge in [-0.05, 0) is 55.7 Å². The third-order valence-corrected chi connectivity index (χ3v) is 4.80. The van der Waals surface area contributed by atoms with Gasteiger partial charge in [0.1, 0.15) is 0 Å². The molecule has 21 heavy (non-hydrogen) atoms. The molecule has 0 aliphatic heterocycles. The quantitative estimate of drug-likeness (QED) is 0.789. The molecule has 0 amide bonds. The summed E-state index contributed by atoms with van der Waals surface area (Å²) in [6, 6.07) is 5.79. The van der Waals surface area contributed by atoms with Gasteiger partial charge in [0.25, 0.3) is 0 Å². The molecule has 0 spiro atoms. The van der Waals surface area contributed by atoms with E-state index in [2.05, 4.69) is 19.2 Å². The van der Waals surface area contributed by atoms with Gasteiger partial charge >= 0.3 is 5.97 Å². The molecular weight excluding hydrogens is 262 g/mol. The van der Waals surface area contributed by atoms with Crippen LogP contribution in [0.3, 0.4) is 0 Å². The number of hydrogen-bond acceptors (Lipinski definition) is 2. The largest absolute Gasteiger partial charge is 0.478 e. The zero-order chi connectivity index (χ0) is 15.4. The van der Waals surface area contributed by atoms with Gasteiger partial charge in [0, 0.05) is 11.7 Å². The zero-order valence-corrected chi connectivity index (χ0v) is 13.4. The Balaban J connectivity index is 2.04. The second kappa shape index (κ2) is 6.97. The highest BCUT2D eigenvalue weighted by atomic mass is 16.4. The third-order valence-electron chi connectivity index (χ3n) is 4.80. The summed E-state index contributed by atoms with van der Waals surface area (Å²) in [5, 5.41) is 12.7. The summed E-state index contributed by atoms with van der Waals surface area (Å²) in [6.07, 6.45) is 6.22. The van der Waals surface area contributed by atoms with Crippen molar-refractivity contribution in [2.45, 2.75) is 58.9 Å². The van der Waals surface area contributed by atoms with E-state index in [1.807, 2.05) is 13.0 Å². The molecule has 2 rings (SSSR count). The van der Waals surface area contributed by atoms with Crippen LogP contribution in [-0.4, -0.2) is 17.1 Å². The van der Waals surface area contributed by atoms with Gasteiger partial charge in [-0.1, -0.05) is 32.8 Å². The number of nitrogens with one attached hydrogen (secondary N) is 1. The average molecular weight is 289 g/mol. The van der Waals surface area contributed by atoms with Crippen LogP contribution in [0, 0.1) is 18.8 Å². The first-order chi connectivity index (χ1) is 9.97. The maximum absolute atomic E-state index is 11.1. The standard InChI is InChI=1S/C18H27NO2/c1-12(2)14-5-4-6-16(10-9-14)19-17-11-15(18(20)21)8-7-13(17)3/h7-8,11-12,14,16,19H,4-6,9-10H2,1-3H3,(H,20,21). The molecular formula is C18H27NO2. The minimum absolute atomic E-state index is 0.358. The topological polar surface area (TPSA) is 49.3 Å². The Labute approximate surface area is 127 Å². The SMILES string of the molecule is Cc1ccc(C(=O)O)cc1NC1CCCC(C(C)C)CC1. The van der Waals surface area contributed by atoms with E-state index < -0.39 is 5.97 Å². The van der Waals surface area contributed by atoms with Crippen LogP contribution < -0.4 is 5.32 Å². The Morgan fingerprint density at radius 2 is 2.00 bits per heavy atom. The van der Waals surface area contributed by atoms with Crippen LogP contribution in [0.2, 0.25) is 0 Å². The van der Waals surface area contributed by atoms with Crippen molar-refractivity contribution in [3.63, 3.8) is 0 Å². The highest BCUT2D eigenvalue weighted by Crippen LogP contribution is 2.30. The number of carboxylic acid groups (broad SMARTS) is 1. The normalized spacial score (nSPS) is 22.9. The maximum atomic E-state index is 11.1. The van der Waals surface area contributed by atoms with Crippen LogP contribution in [0.5, 0.6) is 0 Å². The molecule has 3 nitrogen and oxygen atoms in total. The highest BCUT2D eigenvalue weighted by molar-refractivity contribution is 5.89. The van der Waals surface area contributed by atoms with Crippen LogP contribution in [0.15, 0.2) is 18.2 Å². The molecule has 0 heterocycles. The fourth-order valence-electron chi connectivity index (χ4n) is 3.27. The second-order valence-corrected chi connectivity index (χ2v) is 6.69. The summed E-state index contributed by atoms with van der Waals surface area (Å²) in [5.41, 5.74) is 2.45. The molecule has 1 aromatic rings. The number of aryl methyl sites for hydroxylation is 1. The van der Waals surface area contributed by atoms with Crippen LogP contribution in [-0.2, 0) is 0 Å². The number of benzene rings is 1. The van der Waals surface area contributed by atoms with Crippen LogP contribution >= 0.6 is 0 Å². The molecule has 2 N–H and O–H groups in total. The van der Waals surface area contributed by atoms with Gasteiger partial charge in [0.2, 0.25) is 0 Å². The Hall–Kier alpha value is -1.51. The van der Waals surface area contributed by atoms with Gasteiger partial charge in [-0.25, -0.2) is 4.79 Å². The van der Waals surface area contributed by atoms with E-state index in [0.29, 0.717) is 11.6 Å². The molecule has 1 aromatic carbocycles. The predicted molar refractivity (Wildman–Crippen MR) is 87.0 cm³/mol. The number of carboxylic acids is 1. The lowest BCUT2D eigenvalue weighted by Crippen LogP contribution is -2.19. The van der Waals surface area contributed by atoms with Crippen molar-refractivity contribution >= 4 is 11.7 Å². The molecule has 2 atom stereocenters. The third kappa shape index (κ3) is 4.23. The molecule has 3 heteroatoms. The van der Waals surface area contributed by atoms with Crippen molar-refractivity contribution in [2.75, 3.05) is 5.32 Å². The van der Waals surface area contributed by atoms with Crippen LogP contribution in [0.1, 0.15) is 61.9 Å². The van der Waals surface area contributed by atoms with Gasteiger partial charge in [-0.3, -0.25) is 0 Å². The van der Waals surface area contributed by atoms with E-state index in [1.165, 1.54) is 32.1 Å². The molecule has 1 aliphatic rings. The Morgan fingerprint density at radius 3 is 2.67 bits per heavy atom. The van der Waals surface area contributed by atoms with Crippen molar-refractivity contribution in [2.24, 2.45) is 11.8 Å². The van der Waals surface area contributed by atoms with Gasteiger partial charge < -0.3 is 10.4 Å². The summed E-state index contributed by atoms with van der Waals surface area (Å²) in [7, 11) is 0.